The van der Waals surface area contributed by atoms with Crippen LogP contribution in [0.4, 0.5) is 0 Å². The van der Waals surface area contributed by atoms with Gasteiger partial charge in [0.2, 0.25) is 0 Å². The Bertz CT molecular complexity index is 85.1. The second-order valence-corrected chi connectivity index (χ2v) is 2.32. The molecule has 9 heavy (non-hydrogen) atoms. The van der Waals surface area contributed by atoms with Crippen LogP contribution < -0.4 is 0 Å². The fourth-order valence-electron chi connectivity index (χ4n) is 0.378. The van der Waals surface area contributed by atoms with Crippen LogP contribution in [0.5, 0.6) is 0 Å². The number of hydrogen-bond acceptors (Lipinski definition) is 2. The van der Waals surface area contributed by atoms with Crippen molar-refractivity contribution >= 4 is 21.8 Å². The van der Waals surface area contributed by atoms with E-state index in [1.165, 1.54) is 0 Å². The van der Waals surface area contributed by atoms with E-state index >= 15 is 0 Å². The van der Waals surface area contributed by atoms with E-state index < -0.39 is 0 Å². The average molecular weight is 194 g/mol. The molecule has 0 bridgehead atoms. The lowest BCUT2D eigenvalue weighted by Gasteiger charge is -2.01. The van der Waals surface area contributed by atoms with Crippen molar-refractivity contribution in [2.24, 2.45) is 0 Å². The molecule has 0 aliphatic rings. The summed E-state index contributed by atoms with van der Waals surface area (Å²) in [5.41, 5.74) is 0. The number of alkyl halides is 1. The minimum Gasteiger partial charge on any atom is -0.481 e. The maximum absolute atomic E-state index is 7.05. The summed E-state index contributed by atoms with van der Waals surface area (Å²) in [5, 5.41) is 7.57. The predicted molar refractivity (Wildman–Crippen MR) is 42.4 cm³/mol. The van der Waals surface area contributed by atoms with Crippen molar-refractivity contribution in [3.8, 4) is 0 Å². The van der Waals surface area contributed by atoms with Crippen molar-refractivity contribution in [2.75, 3.05) is 11.9 Å². The zero-order chi connectivity index (χ0) is 7.11. The van der Waals surface area contributed by atoms with Crippen LogP contribution in [-0.2, 0) is 4.74 Å². The summed E-state index contributed by atoms with van der Waals surface area (Å²) in [4.78, 5) is 0. The molecule has 0 atom stereocenters. The summed E-state index contributed by atoms with van der Waals surface area (Å²) in [5.74, 6) is 0.323. The first-order chi connectivity index (χ1) is 4.31. The normalized spacial score (nSPS) is 9.11. The molecular formula is C6H12BrNO. The van der Waals surface area contributed by atoms with Crippen LogP contribution in [-0.4, -0.2) is 17.8 Å². The van der Waals surface area contributed by atoms with Gasteiger partial charge in [0.25, 0.3) is 0 Å². The third-order valence-corrected chi connectivity index (χ3v) is 1.40. The van der Waals surface area contributed by atoms with E-state index in [9.17, 15) is 0 Å². The summed E-state index contributed by atoms with van der Waals surface area (Å²) in [7, 11) is 0. The van der Waals surface area contributed by atoms with Crippen molar-refractivity contribution < 1.29 is 4.74 Å². The van der Waals surface area contributed by atoms with Gasteiger partial charge in [0, 0.05) is 0 Å². The summed E-state index contributed by atoms with van der Waals surface area (Å²) < 4.78 is 4.97. The molecule has 0 heterocycles. The van der Waals surface area contributed by atoms with E-state index in [1.807, 2.05) is 0 Å². The van der Waals surface area contributed by atoms with Gasteiger partial charge in [-0.05, 0) is 6.42 Å². The number of rotatable bonds is 4. The zero-order valence-corrected chi connectivity index (χ0v) is 7.20. The molecule has 0 saturated heterocycles. The minimum atomic E-state index is 0.323. The van der Waals surface area contributed by atoms with E-state index in [1.54, 1.807) is 0 Å². The van der Waals surface area contributed by atoms with Gasteiger partial charge in [-0.3, -0.25) is 5.41 Å². The molecule has 0 saturated carbocycles. The van der Waals surface area contributed by atoms with Gasteiger partial charge in [-0.25, -0.2) is 0 Å². The molecule has 0 aromatic heterocycles. The molecule has 2 nitrogen and oxygen atoms in total. The molecule has 0 aliphatic carbocycles. The highest BCUT2D eigenvalue weighted by molar-refractivity contribution is 9.09. The van der Waals surface area contributed by atoms with E-state index in [2.05, 4.69) is 22.9 Å². The lowest BCUT2D eigenvalue weighted by Crippen LogP contribution is -2.04. The Morgan fingerprint density at radius 1 is 1.67 bits per heavy atom. The molecule has 0 aromatic rings. The maximum atomic E-state index is 7.05. The van der Waals surface area contributed by atoms with E-state index in [4.69, 9.17) is 10.1 Å². The van der Waals surface area contributed by atoms with Crippen LogP contribution in [0.1, 0.15) is 19.8 Å². The molecule has 54 valence electrons. The van der Waals surface area contributed by atoms with Crippen LogP contribution in [0, 0.1) is 5.41 Å². The SMILES string of the molecule is CCCCOC(=N)CBr. The van der Waals surface area contributed by atoms with Gasteiger partial charge in [-0.1, -0.05) is 29.3 Å². The molecule has 0 fully saturated rings. The predicted octanol–water partition coefficient (Wildman–Crippen LogP) is 2.18. The molecular weight excluding hydrogens is 182 g/mol. The first kappa shape index (κ1) is 8.95. The topological polar surface area (TPSA) is 33.1 Å². The Hall–Kier alpha value is -0.0500. The number of nitrogens with one attached hydrogen (secondary N) is 1. The molecule has 0 radical (unpaired) electrons. The third-order valence-electron chi connectivity index (χ3n) is 0.896. The Morgan fingerprint density at radius 3 is 2.78 bits per heavy atom. The summed E-state index contributed by atoms with van der Waals surface area (Å²) in [6, 6.07) is 0. The number of unbranched alkanes of at least 4 members (excludes halogenated alkanes) is 1. The molecule has 0 spiro atoms. The van der Waals surface area contributed by atoms with Crippen LogP contribution in [0.2, 0.25) is 0 Å². The first-order valence-corrected chi connectivity index (χ1v) is 4.19. The quantitative estimate of drug-likeness (QED) is 0.316. The van der Waals surface area contributed by atoms with Crippen LogP contribution in [0.25, 0.3) is 0 Å². The molecule has 0 rings (SSSR count). The van der Waals surface area contributed by atoms with Gasteiger partial charge in [0.15, 0.2) is 5.90 Å². The summed E-state index contributed by atoms with van der Waals surface area (Å²) in [6.07, 6.45) is 2.16. The molecule has 0 unspecified atom stereocenters. The summed E-state index contributed by atoms with van der Waals surface area (Å²) in [6.45, 7) is 2.78. The smallest absolute Gasteiger partial charge is 0.191 e. The van der Waals surface area contributed by atoms with E-state index in [-0.39, 0.29) is 0 Å². The highest BCUT2D eigenvalue weighted by atomic mass is 79.9. The minimum absolute atomic E-state index is 0.323. The Morgan fingerprint density at radius 2 is 2.33 bits per heavy atom. The van der Waals surface area contributed by atoms with Gasteiger partial charge in [0.05, 0.1) is 11.9 Å². The largest absolute Gasteiger partial charge is 0.481 e. The second kappa shape index (κ2) is 6.08. The fraction of sp³-hybridized carbons (Fsp3) is 0.833. The Kier molecular flexibility index (Phi) is 6.04. The van der Waals surface area contributed by atoms with E-state index in [0.717, 1.165) is 12.8 Å². The number of hydrogen-bond donors (Lipinski definition) is 1. The summed E-state index contributed by atoms with van der Waals surface area (Å²) >= 11 is 3.12. The third kappa shape index (κ3) is 5.83. The zero-order valence-electron chi connectivity index (χ0n) is 5.61. The number of ether oxygens (including phenoxy) is 1. The van der Waals surface area contributed by atoms with E-state index in [0.29, 0.717) is 17.8 Å². The monoisotopic (exact) mass is 193 g/mol. The Balaban J connectivity index is 2.97. The molecule has 0 amide bonds. The van der Waals surface area contributed by atoms with Crippen LogP contribution >= 0.6 is 15.9 Å². The Labute approximate surface area is 64.2 Å². The first-order valence-electron chi connectivity index (χ1n) is 3.07. The average Bonchev–Trinajstić information content (AvgIpc) is 1.89. The van der Waals surface area contributed by atoms with Crippen molar-refractivity contribution in [1.29, 1.82) is 5.41 Å². The highest BCUT2D eigenvalue weighted by Gasteiger charge is 1.91. The molecule has 0 aliphatic heterocycles. The van der Waals surface area contributed by atoms with Crippen molar-refractivity contribution in [3.05, 3.63) is 0 Å². The molecule has 0 aromatic carbocycles. The van der Waals surface area contributed by atoms with Gasteiger partial charge in [-0.15, -0.1) is 0 Å². The fourth-order valence-corrected chi connectivity index (χ4v) is 0.540. The highest BCUT2D eigenvalue weighted by Crippen LogP contribution is 1.90. The van der Waals surface area contributed by atoms with Crippen molar-refractivity contribution in [3.63, 3.8) is 0 Å². The van der Waals surface area contributed by atoms with Gasteiger partial charge >= 0.3 is 0 Å². The molecule has 1 N–H and O–H groups in total. The van der Waals surface area contributed by atoms with Crippen molar-refractivity contribution in [1.82, 2.24) is 0 Å². The van der Waals surface area contributed by atoms with Crippen LogP contribution in [0.15, 0.2) is 0 Å². The second-order valence-electron chi connectivity index (χ2n) is 1.76. The molecule has 3 heteroatoms. The van der Waals surface area contributed by atoms with Gasteiger partial charge < -0.3 is 4.74 Å². The number of halogens is 1. The lowest BCUT2D eigenvalue weighted by atomic mass is 10.4. The lowest BCUT2D eigenvalue weighted by molar-refractivity contribution is 0.293. The maximum Gasteiger partial charge on any atom is 0.191 e. The van der Waals surface area contributed by atoms with Crippen molar-refractivity contribution in [2.45, 2.75) is 19.8 Å². The van der Waals surface area contributed by atoms with Crippen LogP contribution in [0.3, 0.4) is 0 Å². The van der Waals surface area contributed by atoms with Gasteiger partial charge in [-0.2, -0.15) is 0 Å². The standard InChI is InChI=1S/C6H12BrNO/c1-2-3-4-9-6(8)5-7/h8H,2-5H2,1H3. The van der Waals surface area contributed by atoms with Gasteiger partial charge in [0.1, 0.15) is 0 Å².